The Morgan fingerprint density at radius 1 is 1.14 bits per heavy atom. The zero-order valence-electron chi connectivity index (χ0n) is 23.7. The molecule has 232 valence electrons. The maximum absolute atomic E-state index is 14.0. The largest absolute Gasteiger partial charge is 0.493 e. The van der Waals surface area contributed by atoms with E-state index in [1.807, 2.05) is 6.07 Å². The van der Waals surface area contributed by atoms with Crippen LogP contribution in [-0.2, 0) is 27.5 Å². The van der Waals surface area contributed by atoms with Crippen LogP contribution in [0.1, 0.15) is 24.0 Å². The third kappa shape index (κ3) is 7.01. The second kappa shape index (κ2) is 14.1. The smallest absolute Gasteiger partial charge is 0.247 e. The van der Waals surface area contributed by atoms with Crippen molar-refractivity contribution in [3.63, 3.8) is 0 Å². The van der Waals surface area contributed by atoms with Crippen LogP contribution in [0.15, 0.2) is 42.0 Å². The Balaban J connectivity index is 1.51. The molecule has 2 aromatic carbocycles. The normalized spacial score (nSPS) is 22.6. The predicted molar refractivity (Wildman–Crippen MR) is 161 cm³/mol. The Bertz CT molecular complexity index is 1360. The molecule has 5 rings (SSSR count). The molecule has 0 saturated carbocycles. The molecule has 1 saturated heterocycles. The quantitative estimate of drug-likeness (QED) is 0.252. The van der Waals surface area contributed by atoms with Crippen LogP contribution in [-0.4, -0.2) is 90.6 Å². The van der Waals surface area contributed by atoms with E-state index in [-0.39, 0.29) is 52.0 Å². The minimum Gasteiger partial charge on any atom is -0.493 e. The van der Waals surface area contributed by atoms with E-state index in [0.29, 0.717) is 50.7 Å². The first-order valence-electron chi connectivity index (χ1n) is 14.0. The molecule has 1 aliphatic carbocycles. The van der Waals surface area contributed by atoms with Crippen molar-refractivity contribution in [1.82, 2.24) is 10.2 Å². The molecular formula is C30H35IN2O10. The number of aliphatic hydroxyl groups is 3. The Labute approximate surface area is 262 Å². The molecular weight excluding hydrogens is 675 g/mol. The highest BCUT2D eigenvalue weighted by Crippen LogP contribution is 2.38. The Morgan fingerprint density at radius 2 is 1.95 bits per heavy atom. The van der Waals surface area contributed by atoms with Gasteiger partial charge in [-0.25, -0.2) is 0 Å². The van der Waals surface area contributed by atoms with E-state index in [9.17, 15) is 24.9 Å². The van der Waals surface area contributed by atoms with E-state index in [4.69, 9.17) is 23.7 Å². The minimum atomic E-state index is -1.23. The van der Waals surface area contributed by atoms with E-state index in [1.165, 1.54) is 7.11 Å². The van der Waals surface area contributed by atoms with Gasteiger partial charge in [0.25, 0.3) is 0 Å². The fraction of sp³-hybridized carbons (Fsp3) is 0.467. The standard InChI is InChI=1S/C30H35IN2O10/c1-39-26-10-18(14-35)8-21(31)28(26)43-25-12-20(29(37)32-5-6-34)11-22(27(25)36)33(30(38)19-4-7-40-15-19)13-17-2-3-23-24(9-17)42-16-41-23/h2-3,8-10,12,19,22,25,27,34-36H,4-7,11,13-16H2,1H3,(H,32,37)/t19?,22-,25+,27+/m1/s1. The van der Waals surface area contributed by atoms with E-state index in [1.54, 1.807) is 35.2 Å². The number of carbonyl (C=O) groups excluding carboxylic acids is 2. The number of benzene rings is 2. The van der Waals surface area contributed by atoms with Crippen molar-refractivity contribution >= 4 is 34.4 Å². The topological polar surface area (TPSA) is 156 Å². The third-order valence-corrected chi connectivity index (χ3v) is 8.49. The first kappa shape index (κ1) is 31.3. The number of fused-ring (bicyclic) bond motifs is 1. The number of hydrogen-bond donors (Lipinski definition) is 4. The first-order valence-corrected chi connectivity index (χ1v) is 15.1. The van der Waals surface area contributed by atoms with Gasteiger partial charge >= 0.3 is 0 Å². The molecule has 12 nitrogen and oxygen atoms in total. The van der Waals surface area contributed by atoms with Crippen molar-refractivity contribution in [1.29, 1.82) is 0 Å². The Morgan fingerprint density at radius 3 is 2.67 bits per heavy atom. The fourth-order valence-electron chi connectivity index (χ4n) is 5.45. The summed E-state index contributed by atoms with van der Waals surface area (Å²) in [7, 11) is 1.47. The van der Waals surface area contributed by atoms with Gasteiger partial charge in [-0.3, -0.25) is 9.59 Å². The van der Waals surface area contributed by atoms with E-state index in [0.717, 1.165) is 5.56 Å². The second-order valence-corrected chi connectivity index (χ2v) is 11.7. The average Bonchev–Trinajstić information content (AvgIpc) is 3.72. The molecule has 4 N–H and O–H groups in total. The molecule has 2 aliphatic heterocycles. The maximum Gasteiger partial charge on any atom is 0.247 e. The van der Waals surface area contributed by atoms with Crippen molar-refractivity contribution in [2.24, 2.45) is 5.92 Å². The van der Waals surface area contributed by atoms with Crippen molar-refractivity contribution < 1.29 is 48.6 Å². The number of rotatable bonds is 11. The van der Waals surface area contributed by atoms with Gasteiger partial charge < -0.3 is 49.2 Å². The summed E-state index contributed by atoms with van der Waals surface area (Å²) in [6.07, 6.45) is -0.119. The SMILES string of the molecule is COc1cc(CO)cc(I)c1O[C@H]1C=C(C(=O)NCCO)C[C@@H](N(Cc2ccc3c(c2)OCO3)C(=O)C2CCOC2)[C@@H]1O. The van der Waals surface area contributed by atoms with Crippen LogP contribution in [0.4, 0.5) is 0 Å². The van der Waals surface area contributed by atoms with Gasteiger partial charge in [0.2, 0.25) is 18.6 Å². The number of aliphatic hydroxyl groups excluding tert-OH is 3. The molecule has 2 aromatic rings. The van der Waals surface area contributed by atoms with E-state index < -0.39 is 30.1 Å². The van der Waals surface area contributed by atoms with E-state index >= 15 is 0 Å². The van der Waals surface area contributed by atoms with Gasteiger partial charge in [0.15, 0.2) is 23.0 Å². The van der Waals surface area contributed by atoms with Crippen LogP contribution in [0.3, 0.4) is 0 Å². The number of methoxy groups -OCH3 is 1. The number of halogens is 1. The van der Waals surface area contributed by atoms with Crippen LogP contribution >= 0.6 is 22.6 Å². The van der Waals surface area contributed by atoms with Crippen LogP contribution in [0, 0.1) is 9.49 Å². The first-order chi connectivity index (χ1) is 20.8. The summed E-state index contributed by atoms with van der Waals surface area (Å²) >= 11 is 2.06. The lowest BCUT2D eigenvalue weighted by atomic mass is 9.87. The summed E-state index contributed by atoms with van der Waals surface area (Å²) in [6, 6.07) is 7.95. The summed E-state index contributed by atoms with van der Waals surface area (Å²) in [5.41, 5.74) is 1.69. The van der Waals surface area contributed by atoms with Crippen molar-refractivity contribution in [2.75, 3.05) is 40.3 Å². The molecule has 1 unspecified atom stereocenters. The highest BCUT2D eigenvalue weighted by atomic mass is 127. The molecule has 43 heavy (non-hydrogen) atoms. The van der Waals surface area contributed by atoms with Crippen LogP contribution in [0.2, 0.25) is 0 Å². The number of amides is 2. The zero-order chi connectivity index (χ0) is 30.5. The number of hydrogen-bond acceptors (Lipinski definition) is 10. The third-order valence-electron chi connectivity index (χ3n) is 7.69. The number of nitrogens with zero attached hydrogens (tertiary/aromatic N) is 1. The summed E-state index contributed by atoms with van der Waals surface area (Å²) in [5, 5.41) is 33.4. The van der Waals surface area contributed by atoms with Gasteiger partial charge in [-0.05, 0) is 70.5 Å². The lowest BCUT2D eigenvalue weighted by molar-refractivity contribution is -0.143. The molecule has 2 amide bonds. The van der Waals surface area contributed by atoms with Crippen molar-refractivity contribution in [3.05, 3.63) is 56.7 Å². The molecule has 2 heterocycles. The predicted octanol–water partition coefficient (Wildman–Crippen LogP) is 1.50. The monoisotopic (exact) mass is 710 g/mol. The summed E-state index contributed by atoms with van der Waals surface area (Å²) in [5.74, 6) is 0.821. The Hall–Kier alpha value is -3.11. The number of ether oxygens (including phenoxy) is 5. The molecule has 0 spiro atoms. The fourth-order valence-corrected chi connectivity index (χ4v) is 6.25. The highest BCUT2D eigenvalue weighted by molar-refractivity contribution is 14.1. The van der Waals surface area contributed by atoms with Gasteiger partial charge in [-0.1, -0.05) is 6.07 Å². The zero-order valence-corrected chi connectivity index (χ0v) is 25.8. The molecule has 4 atom stereocenters. The van der Waals surface area contributed by atoms with Gasteiger partial charge in [0, 0.05) is 31.7 Å². The lowest BCUT2D eigenvalue weighted by Gasteiger charge is -2.41. The summed E-state index contributed by atoms with van der Waals surface area (Å²) < 4.78 is 29.0. The van der Waals surface area contributed by atoms with Crippen molar-refractivity contribution in [2.45, 2.75) is 44.2 Å². The van der Waals surface area contributed by atoms with Gasteiger partial charge in [0.05, 0.1) is 42.5 Å². The Kier molecular flexibility index (Phi) is 10.3. The second-order valence-electron chi connectivity index (χ2n) is 10.5. The minimum absolute atomic E-state index is 0.0442. The molecule has 3 aliphatic rings. The van der Waals surface area contributed by atoms with Gasteiger partial charge in [0.1, 0.15) is 12.2 Å². The average molecular weight is 711 g/mol. The van der Waals surface area contributed by atoms with Crippen LogP contribution in [0.25, 0.3) is 0 Å². The van der Waals surface area contributed by atoms with Crippen LogP contribution in [0.5, 0.6) is 23.0 Å². The molecule has 0 radical (unpaired) electrons. The number of nitrogens with one attached hydrogen (secondary N) is 1. The molecule has 0 bridgehead atoms. The van der Waals surface area contributed by atoms with Gasteiger partial charge in [-0.15, -0.1) is 0 Å². The maximum atomic E-state index is 14.0. The van der Waals surface area contributed by atoms with E-state index in [2.05, 4.69) is 27.9 Å². The lowest BCUT2D eigenvalue weighted by Crippen LogP contribution is -2.56. The summed E-state index contributed by atoms with van der Waals surface area (Å²) in [4.78, 5) is 28.8. The summed E-state index contributed by atoms with van der Waals surface area (Å²) in [6.45, 7) is 0.585. The molecule has 13 heteroatoms. The van der Waals surface area contributed by atoms with Crippen LogP contribution < -0.4 is 24.3 Å². The number of carbonyl (C=O) groups is 2. The molecule has 1 fully saturated rings. The van der Waals surface area contributed by atoms with Gasteiger partial charge in [-0.2, -0.15) is 0 Å². The highest BCUT2D eigenvalue weighted by Gasteiger charge is 2.43. The van der Waals surface area contributed by atoms with Crippen molar-refractivity contribution in [3.8, 4) is 23.0 Å². The molecule has 0 aromatic heterocycles.